The maximum atomic E-state index is 13.9. The summed E-state index contributed by atoms with van der Waals surface area (Å²) in [5.41, 5.74) is 8.00. The van der Waals surface area contributed by atoms with E-state index in [-0.39, 0.29) is 5.82 Å². The third-order valence-corrected chi connectivity index (χ3v) is 5.30. The molecule has 1 aliphatic rings. The van der Waals surface area contributed by atoms with Crippen molar-refractivity contribution in [3.8, 4) is 0 Å². The molecule has 0 bridgehead atoms. The number of allylic oxidation sites excluding steroid dienone is 1. The molecular formula is C19H17FN6OS. The van der Waals surface area contributed by atoms with E-state index in [1.54, 1.807) is 48.3 Å². The van der Waals surface area contributed by atoms with E-state index >= 15 is 0 Å². The van der Waals surface area contributed by atoms with E-state index in [0.29, 0.717) is 33.7 Å². The first kappa shape index (κ1) is 18.2. The fourth-order valence-electron chi connectivity index (χ4n) is 3.12. The number of thioether (sulfide) groups is 1. The zero-order chi connectivity index (χ0) is 19.7. The van der Waals surface area contributed by atoms with Gasteiger partial charge in [0.05, 0.1) is 5.57 Å². The van der Waals surface area contributed by atoms with Crippen molar-refractivity contribution in [3.05, 3.63) is 77.0 Å². The van der Waals surface area contributed by atoms with Gasteiger partial charge < -0.3 is 11.1 Å². The number of hydrogen-bond donors (Lipinski definition) is 2. The number of carbonyl (C=O) groups excluding carboxylic acids is 1. The van der Waals surface area contributed by atoms with Crippen molar-refractivity contribution < 1.29 is 9.18 Å². The molecule has 0 saturated carbocycles. The molecule has 1 aromatic carbocycles. The minimum atomic E-state index is -0.541. The summed E-state index contributed by atoms with van der Waals surface area (Å²) < 4.78 is 15.5. The summed E-state index contributed by atoms with van der Waals surface area (Å²) in [5.74, 6) is 0.0785. The fourth-order valence-corrected chi connectivity index (χ4v) is 3.93. The lowest BCUT2D eigenvalue weighted by molar-refractivity contribution is -0.115. The van der Waals surface area contributed by atoms with Gasteiger partial charge in [0.15, 0.2) is 0 Å². The molecule has 4 rings (SSSR count). The van der Waals surface area contributed by atoms with E-state index in [9.17, 15) is 9.18 Å². The number of rotatable bonds is 5. The van der Waals surface area contributed by atoms with Crippen molar-refractivity contribution in [2.45, 2.75) is 23.9 Å². The van der Waals surface area contributed by atoms with Gasteiger partial charge in [-0.1, -0.05) is 36.0 Å². The molecule has 2 aromatic heterocycles. The molecule has 1 atom stereocenters. The summed E-state index contributed by atoms with van der Waals surface area (Å²) in [6.45, 7) is 1.77. The molecule has 1 amide bonds. The molecule has 0 spiro atoms. The first-order valence-corrected chi connectivity index (χ1v) is 9.53. The average molecular weight is 396 g/mol. The quantitative estimate of drug-likeness (QED) is 0.644. The maximum Gasteiger partial charge on any atom is 0.248 e. The van der Waals surface area contributed by atoms with E-state index < -0.39 is 11.9 Å². The SMILES string of the molecule is CC1=C(C(N)=O)[C@@H](c2cccnc2)n2nc(SCc3ccccc3F)nc2N1. The molecule has 0 saturated heterocycles. The van der Waals surface area contributed by atoms with Crippen LogP contribution in [0.5, 0.6) is 0 Å². The number of fused-ring (bicyclic) bond motifs is 1. The predicted molar refractivity (Wildman–Crippen MR) is 104 cm³/mol. The molecule has 3 heterocycles. The van der Waals surface area contributed by atoms with Crippen molar-refractivity contribution in [2.24, 2.45) is 5.73 Å². The second-order valence-electron chi connectivity index (χ2n) is 6.26. The minimum Gasteiger partial charge on any atom is -0.366 e. The summed E-state index contributed by atoms with van der Waals surface area (Å²) >= 11 is 1.32. The van der Waals surface area contributed by atoms with Gasteiger partial charge >= 0.3 is 0 Å². The number of amides is 1. The highest BCUT2D eigenvalue weighted by Crippen LogP contribution is 2.35. The smallest absolute Gasteiger partial charge is 0.248 e. The normalized spacial score (nSPS) is 15.9. The summed E-state index contributed by atoms with van der Waals surface area (Å²) in [6.07, 6.45) is 3.33. The van der Waals surface area contributed by atoms with E-state index in [1.165, 1.54) is 17.8 Å². The van der Waals surface area contributed by atoms with Crippen LogP contribution in [-0.4, -0.2) is 25.7 Å². The Morgan fingerprint density at radius 1 is 1.32 bits per heavy atom. The molecular weight excluding hydrogens is 379 g/mol. The minimum absolute atomic E-state index is 0.265. The van der Waals surface area contributed by atoms with Crippen molar-refractivity contribution in [2.75, 3.05) is 5.32 Å². The second-order valence-corrected chi connectivity index (χ2v) is 7.20. The molecule has 3 aromatic rings. The first-order chi connectivity index (χ1) is 13.5. The number of hydrogen-bond acceptors (Lipinski definition) is 6. The summed E-state index contributed by atoms with van der Waals surface area (Å²) in [7, 11) is 0. The van der Waals surface area contributed by atoms with Crippen LogP contribution in [0.2, 0.25) is 0 Å². The van der Waals surface area contributed by atoms with Crippen LogP contribution in [0, 0.1) is 5.82 Å². The number of nitrogens with one attached hydrogen (secondary N) is 1. The average Bonchev–Trinajstić information content (AvgIpc) is 3.09. The van der Waals surface area contributed by atoms with Gasteiger partial charge in [0.2, 0.25) is 17.0 Å². The third-order valence-electron chi connectivity index (χ3n) is 4.41. The van der Waals surface area contributed by atoms with Crippen LogP contribution in [0.25, 0.3) is 0 Å². The van der Waals surface area contributed by atoms with Crippen molar-refractivity contribution in [1.29, 1.82) is 0 Å². The summed E-state index contributed by atoms with van der Waals surface area (Å²) in [6, 6.07) is 9.71. The van der Waals surface area contributed by atoms with Gasteiger partial charge in [-0.05, 0) is 30.2 Å². The number of anilines is 1. The Morgan fingerprint density at radius 3 is 2.86 bits per heavy atom. The van der Waals surface area contributed by atoms with Gasteiger partial charge in [0, 0.05) is 23.8 Å². The molecule has 7 nitrogen and oxygen atoms in total. The van der Waals surface area contributed by atoms with Gasteiger partial charge in [0.1, 0.15) is 11.9 Å². The van der Waals surface area contributed by atoms with Crippen LogP contribution in [0.15, 0.2) is 65.2 Å². The van der Waals surface area contributed by atoms with Crippen molar-refractivity contribution in [3.63, 3.8) is 0 Å². The van der Waals surface area contributed by atoms with E-state index in [2.05, 4.69) is 20.4 Å². The Kier molecular flexibility index (Phi) is 4.82. The second kappa shape index (κ2) is 7.43. The van der Waals surface area contributed by atoms with Crippen LogP contribution < -0.4 is 11.1 Å². The van der Waals surface area contributed by atoms with Crippen LogP contribution in [0.3, 0.4) is 0 Å². The lowest BCUT2D eigenvalue weighted by atomic mass is 9.97. The topological polar surface area (TPSA) is 98.7 Å². The van der Waals surface area contributed by atoms with Crippen LogP contribution in [-0.2, 0) is 10.5 Å². The summed E-state index contributed by atoms with van der Waals surface area (Å²) in [5, 5.41) is 8.09. The van der Waals surface area contributed by atoms with Crippen LogP contribution in [0.4, 0.5) is 10.3 Å². The number of primary amides is 1. The highest BCUT2D eigenvalue weighted by molar-refractivity contribution is 7.98. The molecule has 0 radical (unpaired) electrons. The Morgan fingerprint density at radius 2 is 2.14 bits per heavy atom. The largest absolute Gasteiger partial charge is 0.366 e. The third kappa shape index (κ3) is 3.36. The maximum absolute atomic E-state index is 13.9. The summed E-state index contributed by atoms with van der Waals surface area (Å²) in [4.78, 5) is 20.7. The highest BCUT2D eigenvalue weighted by Gasteiger charge is 2.33. The van der Waals surface area contributed by atoms with Crippen molar-refractivity contribution in [1.82, 2.24) is 19.7 Å². The lowest BCUT2D eigenvalue weighted by Gasteiger charge is -2.27. The molecule has 142 valence electrons. The zero-order valence-corrected chi connectivity index (χ0v) is 15.8. The Balaban J connectivity index is 1.68. The number of nitrogens with two attached hydrogens (primary N) is 1. The molecule has 3 N–H and O–H groups in total. The predicted octanol–water partition coefficient (Wildman–Crippen LogP) is 2.88. The standard InChI is InChI=1S/C19H17FN6OS/c1-11-15(17(21)27)16(12-6-4-8-22-9-12)26-18(23-11)24-19(25-26)28-10-13-5-2-3-7-14(13)20/h2-9,16H,10H2,1H3,(H2,21,27)(H,23,24,25)/t16-/m1/s1. The molecule has 9 heteroatoms. The molecule has 0 aliphatic carbocycles. The number of nitrogens with zero attached hydrogens (tertiary/aromatic N) is 4. The Bertz CT molecular complexity index is 1070. The molecule has 28 heavy (non-hydrogen) atoms. The van der Waals surface area contributed by atoms with E-state index in [0.717, 1.165) is 5.56 Å². The van der Waals surface area contributed by atoms with Crippen LogP contribution in [0.1, 0.15) is 24.1 Å². The molecule has 0 unspecified atom stereocenters. The van der Waals surface area contributed by atoms with Crippen molar-refractivity contribution >= 4 is 23.6 Å². The van der Waals surface area contributed by atoms with Gasteiger partial charge in [-0.3, -0.25) is 9.78 Å². The number of pyridine rings is 1. The Labute approximate surface area is 164 Å². The first-order valence-electron chi connectivity index (χ1n) is 8.55. The fraction of sp³-hybridized carbons (Fsp3) is 0.158. The number of carbonyl (C=O) groups is 1. The van der Waals surface area contributed by atoms with E-state index in [4.69, 9.17) is 5.73 Å². The number of halogens is 1. The van der Waals surface area contributed by atoms with Gasteiger partial charge in [0.25, 0.3) is 0 Å². The number of benzene rings is 1. The van der Waals surface area contributed by atoms with Gasteiger partial charge in [-0.25, -0.2) is 9.07 Å². The van der Waals surface area contributed by atoms with Gasteiger partial charge in [-0.2, -0.15) is 4.98 Å². The zero-order valence-electron chi connectivity index (χ0n) is 15.0. The lowest BCUT2D eigenvalue weighted by Crippen LogP contribution is -2.31. The van der Waals surface area contributed by atoms with Gasteiger partial charge in [-0.15, -0.1) is 5.10 Å². The number of aromatic nitrogens is 4. The Hall–Kier alpha value is -3.20. The molecule has 1 aliphatic heterocycles. The monoisotopic (exact) mass is 396 g/mol. The molecule has 0 fully saturated rings. The van der Waals surface area contributed by atoms with E-state index in [1.807, 2.05) is 6.07 Å². The highest BCUT2D eigenvalue weighted by atomic mass is 32.2. The van der Waals surface area contributed by atoms with Crippen LogP contribution >= 0.6 is 11.8 Å².